The minimum Gasteiger partial charge on any atom is -0.497 e. The number of fused-ring (bicyclic) bond motifs is 1. The number of ketones is 1. The number of aromatic nitrogens is 1. The van der Waals surface area contributed by atoms with Gasteiger partial charge in [-0.05, 0) is 26.0 Å². The van der Waals surface area contributed by atoms with Crippen molar-refractivity contribution < 1.29 is 13.9 Å². The Kier molecular flexibility index (Phi) is 2.99. The van der Waals surface area contributed by atoms with Gasteiger partial charge in [-0.25, -0.2) is 0 Å². The molecule has 0 fully saturated rings. The molecule has 1 unspecified atom stereocenters. The van der Waals surface area contributed by atoms with Gasteiger partial charge in [0.05, 0.1) is 13.2 Å². The molecule has 1 heterocycles. The van der Waals surface area contributed by atoms with Crippen molar-refractivity contribution >= 4 is 22.9 Å². The summed E-state index contributed by atoms with van der Waals surface area (Å²) in [6, 6.07) is 5.39. The highest BCUT2D eigenvalue weighted by atomic mass is 16.5. The van der Waals surface area contributed by atoms with Crippen molar-refractivity contribution in [2.75, 3.05) is 12.4 Å². The van der Waals surface area contributed by atoms with Crippen molar-refractivity contribution in [3.05, 3.63) is 18.2 Å². The van der Waals surface area contributed by atoms with Crippen LogP contribution in [0, 0.1) is 0 Å². The van der Waals surface area contributed by atoms with E-state index in [9.17, 15) is 4.79 Å². The van der Waals surface area contributed by atoms with E-state index in [0.29, 0.717) is 17.1 Å². The molecular formula is C12H14N2O3. The average Bonchev–Trinajstić information content (AvgIpc) is 2.69. The number of benzene rings is 1. The summed E-state index contributed by atoms with van der Waals surface area (Å²) in [5.74, 6) is 0.752. The lowest BCUT2D eigenvalue weighted by Crippen LogP contribution is -2.23. The van der Waals surface area contributed by atoms with Crippen molar-refractivity contribution in [1.82, 2.24) is 4.98 Å². The molecule has 1 aromatic carbocycles. The Bertz CT molecular complexity index is 548. The summed E-state index contributed by atoms with van der Waals surface area (Å²) in [4.78, 5) is 15.3. The Morgan fingerprint density at radius 3 is 2.94 bits per heavy atom. The summed E-state index contributed by atoms with van der Waals surface area (Å²) < 4.78 is 10.6. The Morgan fingerprint density at radius 2 is 2.29 bits per heavy atom. The van der Waals surface area contributed by atoms with Gasteiger partial charge < -0.3 is 14.5 Å². The number of hydrogen-bond donors (Lipinski definition) is 1. The number of anilines is 1. The number of nitrogens with one attached hydrogen (secondary N) is 1. The van der Waals surface area contributed by atoms with Crippen molar-refractivity contribution in [3.8, 4) is 5.75 Å². The maximum atomic E-state index is 11.1. The number of carbonyl (C=O) groups excluding carboxylic acids is 1. The molecule has 2 rings (SSSR count). The van der Waals surface area contributed by atoms with E-state index in [4.69, 9.17) is 9.15 Å². The van der Waals surface area contributed by atoms with E-state index in [2.05, 4.69) is 10.3 Å². The maximum Gasteiger partial charge on any atom is 0.296 e. The van der Waals surface area contributed by atoms with E-state index < -0.39 is 0 Å². The number of nitrogens with zero attached hydrogens (tertiary/aromatic N) is 1. The molecule has 1 aromatic heterocycles. The van der Waals surface area contributed by atoms with Crippen LogP contribution in [0.3, 0.4) is 0 Å². The lowest BCUT2D eigenvalue weighted by atomic mass is 10.2. The van der Waals surface area contributed by atoms with Gasteiger partial charge in [-0.3, -0.25) is 4.79 Å². The van der Waals surface area contributed by atoms with Gasteiger partial charge >= 0.3 is 0 Å². The first-order valence-electron chi connectivity index (χ1n) is 5.31. The minimum atomic E-state index is -0.315. The van der Waals surface area contributed by atoms with Crippen LogP contribution in [0.5, 0.6) is 5.75 Å². The SMILES string of the molecule is COc1ccc2oc(NC(C)C(C)=O)nc2c1. The van der Waals surface area contributed by atoms with Gasteiger partial charge in [0.2, 0.25) is 0 Å². The van der Waals surface area contributed by atoms with Crippen molar-refractivity contribution in [3.63, 3.8) is 0 Å². The normalized spacial score (nSPS) is 12.4. The molecule has 0 aliphatic carbocycles. The van der Waals surface area contributed by atoms with Gasteiger partial charge in [-0.1, -0.05) is 0 Å². The Balaban J connectivity index is 2.28. The zero-order valence-electron chi connectivity index (χ0n) is 9.98. The highest BCUT2D eigenvalue weighted by molar-refractivity contribution is 5.84. The molecule has 0 spiro atoms. The van der Waals surface area contributed by atoms with Crippen molar-refractivity contribution in [2.45, 2.75) is 19.9 Å². The molecule has 0 bridgehead atoms. The second-order valence-electron chi connectivity index (χ2n) is 3.83. The average molecular weight is 234 g/mol. The van der Waals surface area contributed by atoms with Crippen LogP contribution < -0.4 is 10.1 Å². The van der Waals surface area contributed by atoms with Crippen LogP contribution in [0.4, 0.5) is 6.01 Å². The third kappa shape index (κ3) is 2.38. The molecule has 5 nitrogen and oxygen atoms in total. The fourth-order valence-corrected chi connectivity index (χ4v) is 1.38. The third-order valence-electron chi connectivity index (χ3n) is 2.54. The Hall–Kier alpha value is -2.04. The molecule has 1 atom stereocenters. The maximum absolute atomic E-state index is 11.1. The first-order valence-corrected chi connectivity index (χ1v) is 5.31. The number of carbonyl (C=O) groups is 1. The second kappa shape index (κ2) is 4.45. The number of rotatable bonds is 4. The molecule has 0 radical (unpaired) electrons. The number of ether oxygens (including phenoxy) is 1. The summed E-state index contributed by atoms with van der Waals surface area (Å²) in [5, 5.41) is 2.90. The van der Waals surface area contributed by atoms with E-state index in [-0.39, 0.29) is 11.8 Å². The molecule has 0 saturated carbocycles. The fraction of sp³-hybridized carbons (Fsp3) is 0.333. The molecule has 90 valence electrons. The topological polar surface area (TPSA) is 64.4 Å². The van der Waals surface area contributed by atoms with E-state index in [1.807, 2.05) is 0 Å². The zero-order valence-corrected chi connectivity index (χ0v) is 9.98. The van der Waals surface area contributed by atoms with E-state index in [0.717, 1.165) is 5.75 Å². The van der Waals surface area contributed by atoms with Gasteiger partial charge in [0, 0.05) is 6.07 Å². The lowest BCUT2D eigenvalue weighted by molar-refractivity contribution is -0.117. The monoisotopic (exact) mass is 234 g/mol. The van der Waals surface area contributed by atoms with Crippen LogP contribution in [0.15, 0.2) is 22.6 Å². The molecule has 2 aromatic rings. The predicted octanol–water partition coefficient (Wildman–Crippen LogP) is 2.23. The first kappa shape index (κ1) is 11.4. The van der Waals surface area contributed by atoms with Gasteiger partial charge in [-0.2, -0.15) is 4.98 Å². The molecule has 1 N–H and O–H groups in total. The van der Waals surface area contributed by atoms with Crippen LogP contribution in [0.2, 0.25) is 0 Å². The number of hydrogen-bond acceptors (Lipinski definition) is 5. The summed E-state index contributed by atoms with van der Waals surface area (Å²) in [6.45, 7) is 3.28. The van der Waals surface area contributed by atoms with Crippen molar-refractivity contribution in [1.29, 1.82) is 0 Å². The van der Waals surface area contributed by atoms with Crippen LogP contribution in [-0.2, 0) is 4.79 Å². The second-order valence-corrected chi connectivity index (χ2v) is 3.83. The lowest BCUT2D eigenvalue weighted by Gasteiger charge is -2.06. The molecule has 5 heteroatoms. The molecular weight excluding hydrogens is 220 g/mol. The van der Waals surface area contributed by atoms with Crippen LogP contribution in [-0.4, -0.2) is 23.9 Å². The first-order chi connectivity index (χ1) is 8.10. The number of oxazole rings is 1. The predicted molar refractivity (Wildman–Crippen MR) is 64.3 cm³/mol. The smallest absolute Gasteiger partial charge is 0.296 e. The standard InChI is InChI=1S/C12H14N2O3/c1-7(8(2)15)13-12-14-10-6-9(16-3)4-5-11(10)17-12/h4-7H,1-3H3,(H,13,14). The fourth-order valence-electron chi connectivity index (χ4n) is 1.38. The highest BCUT2D eigenvalue weighted by Crippen LogP contribution is 2.23. The van der Waals surface area contributed by atoms with Crippen molar-refractivity contribution in [2.24, 2.45) is 0 Å². The molecule has 17 heavy (non-hydrogen) atoms. The summed E-state index contributed by atoms with van der Waals surface area (Å²) in [7, 11) is 1.60. The molecule has 0 saturated heterocycles. The zero-order chi connectivity index (χ0) is 12.4. The van der Waals surface area contributed by atoms with E-state index in [1.165, 1.54) is 6.92 Å². The van der Waals surface area contributed by atoms with Crippen LogP contribution >= 0.6 is 0 Å². The summed E-state index contributed by atoms with van der Waals surface area (Å²) in [6.07, 6.45) is 0. The largest absolute Gasteiger partial charge is 0.497 e. The van der Waals surface area contributed by atoms with Crippen LogP contribution in [0.1, 0.15) is 13.8 Å². The van der Waals surface area contributed by atoms with Gasteiger partial charge in [0.1, 0.15) is 11.3 Å². The Labute approximate surface area is 98.8 Å². The van der Waals surface area contributed by atoms with E-state index in [1.54, 1.807) is 32.2 Å². The van der Waals surface area contributed by atoms with Gasteiger partial charge in [0.25, 0.3) is 6.01 Å². The molecule has 0 amide bonds. The number of Topliss-reactive ketones (excluding diaryl/α,β-unsaturated/α-hetero) is 1. The summed E-state index contributed by atoms with van der Waals surface area (Å²) >= 11 is 0. The quantitative estimate of drug-likeness (QED) is 0.878. The molecule has 0 aliphatic rings. The highest BCUT2D eigenvalue weighted by Gasteiger charge is 2.12. The van der Waals surface area contributed by atoms with Gasteiger partial charge in [0.15, 0.2) is 11.4 Å². The van der Waals surface area contributed by atoms with Crippen LogP contribution in [0.25, 0.3) is 11.1 Å². The Morgan fingerprint density at radius 1 is 1.53 bits per heavy atom. The summed E-state index contributed by atoms with van der Waals surface area (Å²) in [5.41, 5.74) is 1.35. The van der Waals surface area contributed by atoms with E-state index >= 15 is 0 Å². The third-order valence-corrected chi connectivity index (χ3v) is 2.54. The van der Waals surface area contributed by atoms with Gasteiger partial charge in [-0.15, -0.1) is 0 Å². The minimum absolute atomic E-state index is 0.0323. The molecule has 0 aliphatic heterocycles. The number of methoxy groups -OCH3 is 1.